The van der Waals surface area contributed by atoms with Crippen LogP contribution in [0.15, 0.2) is 41.6 Å². The van der Waals surface area contributed by atoms with Gasteiger partial charge in [0, 0.05) is 45.5 Å². The minimum Gasteiger partial charge on any atom is -0.487 e. The number of hydrogen-bond acceptors (Lipinski definition) is 7. The summed E-state index contributed by atoms with van der Waals surface area (Å²) in [6.45, 7) is 0.251. The minimum absolute atomic E-state index is 0.193. The number of oxime groups is 1. The molecule has 0 unspecified atom stereocenters. The smallest absolute Gasteiger partial charge is 0.273 e. The first-order valence-electron chi connectivity index (χ1n) is 8.85. The first-order chi connectivity index (χ1) is 13.6. The molecular weight excluding hydrogens is 358 g/mol. The van der Waals surface area contributed by atoms with Crippen molar-refractivity contribution in [3.05, 3.63) is 47.5 Å². The van der Waals surface area contributed by atoms with E-state index in [1.807, 2.05) is 57.5 Å². The number of rotatable bonds is 9. The molecule has 8 heteroatoms. The molecule has 150 valence electrons. The second-order valence-electron chi connectivity index (χ2n) is 5.79. The van der Waals surface area contributed by atoms with E-state index in [1.165, 1.54) is 7.11 Å². The zero-order valence-electron chi connectivity index (χ0n) is 16.8. The van der Waals surface area contributed by atoms with Gasteiger partial charge in [0.2, 0.25) is 0 Å². The molecule has 0 bridgehead atoms. The van der Waals surface area contributed by atoms with Gasteiger partial charge in [-0.25, -0.2) is 0 Å². The summed E-state index contributed by atoms with van der Waals surface area (Å²) in [5, 5.41) is 15.9. The van der Waals surface area contributed by atoms with Gasteiger partial charge in [-0.15, -0.1) is 0 Å². The monoisotopic (exact) mass is 385 g/mol. The summed E-state index contributed by atoms with van der Waals surface area (Å²) in [5.74, 6) is 0.346. The third-order valence-corrected chi connectivity index (χ3v) is 4.19. The Bertz CT molecular complexity index is 852. The number of anilines is 3. The zero-order chi connectivity index (χ0) is 20.5. The molecule has 1 amide bonds. The van der Waals surface area contributed by atoms with E-state index in [0.717, 1.165) is 22.6 Å². The highest BCUT2D eigenvalue weighted by Crippen LogP contribution is 2.36. The predicted octanol–water partition coefficient (Wildman–Crippen LogP) is 2.49. The highest BCUT2D eigenvalue weighted by molar-refractivity contribution is 6.45. The van der Waals surface area contributed by atoms with Crippen molar-refractivity contribution in [2.45, 2.75) is 6.61 Å². The van der Waals surface area contributed by atoms with E-state index in [9.17, 15) is 4.79 Å². The Morgan fingerprint density at radius 2 is 1.79 bits per heavy atom. The first kappa shape index (κ1) is 20.9. The maximum atomic E-state index is 12.2. The SMILES string of the molecule is CNC(=O)C(=NOC)c1ccccc1COc1cc(NC)cc(NC)c1NC. The van der Waals surface area contributed by atoms with Crippen LogP contribution in [0.25, 0.3) is 0 Å². The third-order valence-electron chi connectivity index (χ3n) is 4.19. The van der Waals surface area contributed by atoms with E-state index in [4.69, 9.17) is 9.57 Å². The highest BCUT2D eigenvalue weighted by Gasteiger charge is 2.18. The van der Waals surface area contributed by atoms with Crippen LogP contribution in [0.3, 0.4) is 0 Å². The lowest BCUT2D eigenvalue weighted by atomic mass is 10.0. The molecule has 8 nitrogen and oxygen atoms in total. The van der Waals surface area contributed by atoms with E-state index in [-0.39, 0.29) is 18.2 Å². The van der Waals surface area contributed by atoms with Crippen molar-refractivity contribution in [2.24, 2.45) is 5.16 Å². The van der Waals surface area contributed by atoms with Crippen LogP contribution in [-0.4, -0.2) is 46.9 Å². The maximum Gasteiger partial charge on any atom is 0.273 e. The number of nitrogens with zero attached hydrogens (tertiary/aromatic N) is 1. The topological polar surface area (TPSA) is 96.0 Å². The lowest BCUT2D eigenvalue weighted by molar-refractivity contribution is -0.114. The summed E-state index contributed by atoms with van der Waals surface area (Å²) in [6, 6.07) is 11.3. The van der Waals surface area contributed by atoms with Crippen molar-refractivity contribution >= 4 is 28.7 Å². The number of ether oxygens (including phenoxy) is 1. The number of nitrogens with one attached hydrogen (secondary N) is 4. The Kier molecular flexibility index (Phi) is 7.50. The van der Waals surface area contributed by atoms with Crippen LogP contribution in [0.5, 0.6) is 5.75 Å². The van der Waals surface area contributed by atoms with E-state index in [0.29, 0.717) is 11.3 Å². The van der Waals surface area contributed by atoms with Crippen molar-refractivity contribution < 1.29 is 14.4 Å². The summed E-state index contributed by atoms with van der Waals surface area (Å²) in [7, 11) is 8.50. The largest absolute Gasteiger partial charge is 0.487 e. The van der Waals surface area contributed by atoms with Crippen LogP contribution in [-0.2, 0) is 16.2 Å². The Hall–Kier alpha value is -3.42. The number of hydrogen-bond donors (Lipinski definition) is 4. The molecule has 2 aromatic rings. The second-order valence-corrected chi connectivity index (χ2v) is 5.79. The molecule has 0 fully saturated rings. The molecule has 0 atom stereocenters. The van der Waals surface area contributed by atoms with Crippen LogP contribution in [0, 0.1) is 0 Å². The number of carbonyl (C=O) groups is 1. The van der Waals surface area contributed by atoms with Gasteiger partial charge in [0.15, 0.2) is 5.71 Å². The molecule has 28 heavy (non-hydrogen) atoms. The molecule has 0 saturated heterocycles. The summed E-state index contributed by atoms with van der Waals surface area (Å²) in [6.07, 6.45) is 0. The molecule has 2 rings (SSSR count). The van der Waals surface area contributed by atoms with Gasteiger partial charge in [-0.05, 0) is 11.6 Å². The normalized spacial score (nSPS) is 10.8. The molecule has 0 aliphatic rings. The van der Waals surface area contributed by atoms with Crippen LogP contribution >= 0.6 is 0 Å². The minimum atomic E-state index is -0.333. The Labute approximate surface area is 165 Å². The van der Waals surface area contributed by atoms with Gasteiger partial charge in [0.1, 0.15) is 25.2 Å². The van der Waals surface area contributed by atoms with Crippen LogP contribution in [0.2, 0.25) is 0 Å². The van der Waals surface area contributed by atoms with Crippen molar-refractivity contribution in [2.75, 3.05) is 51.3 Å². The van der Waals surface area contributed by atoms with Gasteiger partial charge in [0.25, 0.3) is 5.91 Å². The lowest BCUT2D eigenvalue weighted by Crippen LogP contribution is -2.29. The van der Waals surface area contributed by atoms with E-state index >= 15 is 0 Å². The van der Waals surface area contributed by atoms with Crippen molar-refractivity contribution in [1.82, 2.24) is 5.32 Å². The standard InChI is InChI=1S/C20H27N5O3/c1-21-14-10-16(22-2)19(23-3)17(11-14)28-12-13-8-6-7-9-15(13)18(25-27-5)20(26)24-4/h6-11,21-23H,12H2,1-5H3,(H,24,26). The molecule has 0 aromatic heterocycles. The summed E-state index contributed by atoms with van der Waals surface area (Å²) >= 11 is 0. The van der Waals surface area contributed by atoms with Gasteiger partial charge in [-0.2, -0.15) is 0 Å². The Morgan fingerprint density at radius 3 is 2.39 bits per heavy atom. The fraction of sp³-hybridized carbons (Fsp3) is 0.300. The average Bonchev–Trinajstić information content (AvgIpc) is 2.74. The fourth-order valence-electron chi connectivity index (χ4n) is 2.78. The number of benzene rings is 2. The van der Waals surface area contributed by atoms with Crippen LogP contribution < -0.4 is 26.0 Å². The molecule has 0 aliphatic carbocycles. The Balaban J connectivity index is 2.39. The van der Waals surface area contributed by atoms with Crippen molar-refractivity contribution in [1.29, 1.82) is 0 Å². The van der Waals surface area contributed by atoms with Gasteiger partial charge < -0.3 is 30.8 Å². The summed E-state index contributed by atoms with van der Waals surface area (Å²) in [5.41, 5.74) is 4.32. The molecule has 4 N–H and O–H groups in total. The number of likely N-dealkylation sites (N-methyl/N-ethyl adjacent to an activating group) is 1. The van der Waals surface area contributed by atoms with E-state index in [1.54, 1.807) is 7.05 Å². The molecule has 2 aromatic carbocycles. The molecule has 0 radical (unpaired) electrons. The summed E-state index contributed by atoms with van der Waals surface area (Å²) in [4.78, 5) is 17.1. The second kappa shape index (κ2) is 10.1. The molecule has 0 saturated carbocycles. The van der Waals surface area contributed by atoms with E-state index in [2.05, 4.69) is 26.4 Å². The van der Waals surface area contributed by atoms with Gasteiger partial charge in [-0.3, -0.25) is 4.79 Å². The van der Waals surface area contributed by atoms with Crippen LogP contribution in [0.4, 0.5) is 17.1 Å². The molecule has 0 spiro atoms. The van der Waals surface area contributed by atoms with Gasteiger partial charge in [0.05, 0.1) is 5.69 Å². The number of carbonyl (C=O) groups excluding carboxylic acids is 1. The summed E-state index contributed by atoms with van der Waals surface area (Å²) < 4.78 is 6.11. The van der Waals surface area contributed by atoms with Gasteiger partial charge in [-0.1, -0.05) is 29.4 Å². The third kappa shape index (κ3) is 4.64. The quantitative estimate of drug-likeness (QED) is 0.391. The fourth-order valence-corrected chi connectivity index (χ4v) is 2.78. The molecule has 0 aliphatic heterocycles. The Morgan fingerprint density at radius 1 is 1.04 bits per heavy atom. The molecular formula is C20H27N5O3. The van der Waals surface area contributed by atoms with Gasteiger partial charge >= 0.3 is 0 Å². The number of amides is 1. The van der Waals surface area contributed by atoms with Crippen molar-refractivity contribution in [3.8, 4) is 5.75 Å². The molecule has 0 heterocycles. The van der Waals surface area contributed by atoms with Crippen LogP contribution in [0.1, 0.15) is 11.1 Å². The maximum absolute atomic E-state index is 12.2. The highest BCUT2D eigenvalue weighted by atomic mass is 16.6. The predicted molar refractivity (Wildman–Crippen MR) is 113 cm³/mol. The van der Waals surface area contributed by atoms with E-state index < -0.39 is 0 Å². The lowest BCUT2D eigenvalue weighted by Gasteiger charge is -2.18. The zero-order valence-corrected chi connectivity index (χ0v) is 16.8. The van der Waals surface area contributed by atoms with Crippen molar-refractivity contribution in [3.63, 3.8) is 0 Å². The first-order valence-corrected chi connectivity index (χ1v) is 8.85. The average molecular weight is 385 g/mol.